The van der Waals surface area contributed by atoms with Crippen LogP contribution in [0.3, 0.4) is 0 Å². The second-order valence-electron chi connectivity index (χ2n) is 4.34. The zero-order valence-electron chi connectivity index (χ0n) is 11.7. The molecule has 0 heterocycles. The molecule has 5 nitrogen and oxygen atoms in total. The average molecular weight is 297 g/mol. The quantitative estimate of drug-likeness (QED) is 0.606. The van der Waals surface area contributed by atoms with Crippen molar-refractivity contribution in [3.8, 4) is 0 Å². The van der Waals surface area contributed by atoms with Crippen LogP contribution in [0, 0.1) is 0 Å². The van der Waals surface area contributed by atoms with E-state index in [2.05, 4.69) is 11.9 Å². The van der Waals surface area contributed by atoms with E-state index >= 15 is 0 Å². The first kappa shape index (κ1) is 16.4. The summed E-state index contributed by atoms with van der Waals surface area (Å²) in [6, 6.07) is 6.59. The fourth-order valence-electron chi connectivity index (χ4n) is 1.52. The lowest BCUT2D eigenvalue weighted by molar-refractivity contribution is -0.138. The first-order valence-corrected chi connectivity index (χ1v) is 8.08. The van der Waals surface area contributed by atoms with Gasteiger partial charge in [0, 0.05) is 24.9 Å². The number of hydrogen-bond donors (Lipinski definition) is 1. The summed E-state index contributed by atoms with van der Waals surface area (Å²) in [6.07, 6.45) is 1.17. The summed E-state index contributed by atoms with van der Waals surface area (Å²) < 4.78 is 27.4. The van der Waals surface area contributed by atoms with Crippen molar-refractivity contribution in [2.24, 2.45) is 0 Å². The van der Waals surface area contributed by atoms with Crippen molar-refractivity contribution in [2.75, 3.05) is 19.4 Å². The minimum Gasteiger partial charge on any atom is -0.463 e. The number of hydrogen-bond acceptors (Lipinski definition) is 5. The molecule has 0 unspecified atom stereocenters. The molecule has 1 rings (SSSR count). The number of carbonyl (C=O) groups excluding carboxylic acids is 1. The Labute approximate surface area is 119 Å². The maximum absolute atomic E-state index is 11.3. The molecule has 0 fully saturated rings. The Morgan fingerprint density at radius 2 is 1.90 bits per heavy atom. The number of rotatable bonds is 7. The summed E-state index contributed by atoms with van der Waals surface area (Å²) in [5.74, 6) is -0.410. The van der Waals surface area contributed by atoms with Gasteiger partial charge in [0.25, 0.3) is 0 Å². The van der Waals surface area contributed by atoms with Crippen molar-refractivity contribution in [1.82, 2.24) is 5.32 Å². The van der Waals surface area contributed by atoms with Gasteiger partial charge >= 0.3 is 5.97 Å². The maximum atomic E-state index is 11.3. The van der Waals surface area contributed by atoms with E-state index < -0.39 is 15.8 Å². The highest BCUT2D eigenvalue weighted by molar-refractivity contribution is 7.90. The summed E-state index contributed by atoms with van der Waals surface area (Å²) in [6.45, 7) is 6.54. The lowest BCUT2D eigenvalue weighted by Crippen LogP contribution is -2.21. The SMILES string of the molecule is C=C(CNCc1ccc(S(C)(=O)=O)cc1)C(=O)OCC. The summed E-state index contributed by atoms with van der Waals surface area (Å²) in [5, 5.41) is 3.05. The molecule has 1 aromatic rings. The molecule has 0 aromatic heterocycles. The van der Waals surface area contributed by atoms with Crippen LogP contribution in [0.25, 0.3) is 0 Å². The molecular weight excluding hydrogens is 278 g/mol. The van der Waals surface area contributed by atoms with Gasteiger partial charge in [0.2, 0.25) is 0 Å². The zero-order valence-corrected chi connectivity index (χ0v) is 12.5. The van der Waals surface area contributed by atoms with E-state index in [1.165, 1.54) is 6.26 Å². The van der Waals surface area contributed by atoms with Crippen LogP contribution in [-0.4, -0.2) is 33.8 Å². The predicted molar refractivity (Wildman–Crippen MR) is 77.0 cm³/mol. The van der Waals surface area contributed by atoms with Crippen molar-refractivity contribution in [2.45, 2.75) is 18.4 Å². The van der Waals surface area contributed by atoms with E-state index in [4.69, 9.17) is 4.74 Å². The largest absolute Gasteiger partial charge is 0.463 e. The topological polar surface area (TPSA) is 72.5 Å². The highest BCUT2D eigenvalue weighted by atomic mass is 32.2. The average Bonchev–Trinajstić information content (AvgIpc) is 2.38. The Bertz CT molecular complexity index is 576. The number of benzene rings is 1. The molecule has 110 valence electrons. The van der Waals surface area contributed by atoms with Gasteiger partial charge in [0.05, 0.1) is 11.5 Å². The van der Waals surface area contributed by atoms with E-state index in [0.717, 1.165) is 5.56 Å². The molecule has 0 aliphatic carbocycles. The van der Waals surface area contributed by atoms with Crippen LogP contribution in [0.2, 0.25) is 0 Å². The molecule has 1 N–H and O–H groups in total. The van der Waals surface area contributed by atoms with Crippen LogP contribution in [-0.2, 0) is 25.9 Å². The van der Waals surface area contributed by atoms with E-state index in [1.807, 2.05) is 0 Å². The van der Waals surface area contributed by atoms with Gasteiger partial charge in [-0.3, -0.25) is 0 Å². The first-order valence-electron chi connectivity index (χ1n) is 6.19. The van der Waals surface area contributed by atoms with Gasteiger partial charge in [-0.25, -0.2) is 13.2 Å². The smallest absolute Gasteiger partial charge is 0.334 e. The number of nitrogens with one attached hydrogen (secondary N) is 1. The maximum Gasteiger partial charge on any atom is 0.334 e. The molecule has 0 bridgehead atoms. The van der Waals surface area contributed by atoms with Gasteiger partial charge in [0.1, 0.15) is 0 Å². The molecule has 0 radical (unpaired) electrons. The van der Waals surface area contributed by atoms with Gasteiger partial charge in [-0.2, -0.15) is 0 Å². The number of sulfone groups is 1. The van der Waals surface area contributed by atoms with Crippen molar-refractivity contribution in [3.05, 3.63) is 42.0 Å². The highest BCUT2D eigenvalue weighted by Gasteiger charge is 2.08. The monoisotopic (exact) mass is 297 g/mol. The van der Waals surface area contributed by atoms with Crippen LogP contribution in [0.4, 0.5) is 0 Å². The highest BCUT2D eigenvalue weighted by Crippen LogP contribution is 2.10. The van der Waals surface area contributed by atoms with E-state index in [0.29, 0.717) is 25.3 Å². The number of esters is 1. The molecule has 1 aromatic carbocycles. The van der Waals surface area contributed by atoms with Crippen LogP contribution in [0.1, 0.15) is 12.5 Å². The van der Waals surface area contributed by atoms with Gasteiger partial charge < -0.3 is 10.1 Å². The summed E-state index contributed by atoms with van der Waals surface area (Å²) in [4.78, 5) is 11.6. The van der Waals surface area contributed by atoms with Crippen LogP contribution in [0.15, 0.2) is 41.3 Å². The molecule has 0 aliphatic heterocycles. The van der Waals surface area contributed by atoms with E-state index in [-0.39, 0.29) is 4.90 Å². The molecular formula is C14H19NO4S. The Morgan fingerprint density at radius 3 is 2.40 bits per heavy atom. The normalized spacial score (nSPS) is 11.1. The third-order valence-corrected chi connectivity index (χ3v) is 3.71. The van der Waals surface area contributed by atoms with Gasteiger partial charge in [0.15, 0.2) is 9.84 Å². The molecule has 0 saturated heterocycles. The lowest BCUT2D eigenvalue weighted by Gasteiger charge is -2.07. The Kier molecular flexibility index (Phi) is 5.91. The predicted octanol–water partition coefficient (Wildman–Crippen LogP) is 1.30. The Balaban J connectivity index is 2.47. The molecule has 0 amide bonds. The first-order chi connectivity index (χ1) is 9.34. The van der Waals surface area contributed by atoms with Crippen molar-refractivity contribution < 1.29 is 17.9 Å². The Hall–Kier alpha value is -1.66. The molecule has 0 atom stereocenters. The molecule has 0 saturated carbocycles. The fraction of sp³-hybridized carbons (Fsp3) is 0.357. The Morgan fingerprint density at radius 1 is 1.30 bits per heavy atom. The van der Waals surface area contributed by atoms with E-state index in [9.17, 15) is 13.2 Å². The van der Waals surface area contributed by atoms with Crippen molar-refractivity contribution in [3.63, 3.8) is 0 Å². The van der Waals surface area contributed by atoms with E-state index in [1.54, 1.807) is 31.2 Å². The van der Waals surface area contributed by atoms with Gasteiger partial charge in [-0.1, -0.05) is 18.7 Å². The van der Waals surface area contributed by atoms with Crippen LogP contribution >= 0.6 is 0 Å². The van der Waals surface area contributed by atoms with Gasteiger partial charge in [-0.05, 0) is 24.6 Å². The second kappa shape index (κ2) is 7.21. The zero-order chi connectivity index (χ0) is 15.2. The number of ether oxygens (including phenoxy) is 1. The third-order valence-electron chi connectivity index (χ3n) is 2.58. The molecule has 0 aliphatic rings. The summed E-state index contributed by atoms with van der Waals surface area (Å²) in [7, 11) is -3.17. The lowest BCUT2D eigenvalue weighted by atomic mass is 10.2. The van der Waals surface area contributed by atoms with Crippen molar-refractivity contribution >= 4 is 15.8 Å². The minimum atomic E-state index is -3.17. The number of carbonyl (C=O) groups is 1. The summed E-state index contributed by atoms with van der Waals surface area (Å²) >= 11 is 0. The van der Waals surface area contributed by atoms with Gasteiger partial charge in [-0.15, -0.1) is 0 Å². The third kappa shape index (κ3) is 5.14. The fourth-order valence-corrected chi connectivity index (χ4v) is 2.15. The molecule has 6 heteroatoms. The minimum absolute atomic E-state index is 0.289. The summed E-state index contributed by atoms with van der Waals surface area (Å²) in [5.41, 5.74) is 1.29. The second-order valence-corrected chi connectivity index (χ2v) is 6.36. The molecule has 0 spiro atoms. The molecule has 20 heavy (non-hydrogen) atoms. The van der Waals surface area contributed by atoms with Crippen molar-refractivity contribution in [1.29, 1.82) is 0 Å². The standard InChI is InChI=1S/C14H19NO4S/c1-4-19-14(16)11(2)9-15-10-12-5-7-13(8-6-12)20(3,17)18/h5-8,15H,2,4,9-10H2,1,3H3. The van der Waals surface area contributed by atoms with Crippen LogP contribution < -0.4 is 5.32 Å². The van der Waals surface area contributed by atoms with Crippen LogP contribution in [0.5, 0.6) is 0 Å².